The van der Waals surface area contributed by atoms with Gasteiger partial charge in [0, 0.05) is 37.3 Å². The zero-order valence-corrected chi connectivity index (χ0v) is 31.5. The standard InChI is InChI=1S/C53H32N2OS/c1-3-15-33(16-4-1)46-32-47(34-17-5-2-6-18-34)55-52(54-46)35-27-28-39-37-20-8-7-19-36(37)38-21-9-11-23-42(38)53(44(39)29-35)43-24-12-14-26-50(43)57-51-30-41-40-22-10-13-25-48(40)56-49(41)31-45(51)53/h1-32H. The number of rotatable bonds is 3. The van der Waals surface area contributed by atoms with E-state index >= 15 is 0 Å². The summed E-state index contributed by atoms with van der Waals surface area (Å²) in [6.45, 7) is 0. The maximum absolute atomic E-state index is 6.68. The number of hydrogen-bond donors (Lipinski definition) is 0. The number of fused-ring (bicyclic) bond motifs is 14. The smallest absolute Gasteiger partial charge is 0.160 e. The molecule has 4 heteroatoms. The Morgan fingerprint density at radius 1 is 0.368 bits per heavy atom. The summed E-state index contributed by atoms with van der Waals surface area (Å²) in [5, 5.41) is 2.26. The highest BCUT2D eigenvalue weighted by molar-refractivity contribution is 7.99. The van der Waals surface area contributed by atoms with E-state index in [0.29, 0.717) is 5.82 Å². The fraction of sp³-hybridized carbons (Fsp3) is 0.0189. The van der Waals surface area contributed by atoms with Crippen LogP contribution in [0.25, 0.3) is 78.1 Å². The van der Waals surface area contributed by atoms with Gasteiger partial charge in [0.2, 0.25) is 0 Å². The summed E-state index contributed by atoms with van der Waals surface area (Å²) >= 11 is 1.85. The first-order valence-corrected chi connectivity index (χ1v) is 20.1. The van der Waals surface area contributed by atoms with Crippen molar-refractivity contribution in [3.8, 4) is 56.2 Å². The van der Waals surface area contributed by atoms with Crippen LogP contribution < -0.4 is 0 Å². The van der Waals surface area contributed by atoms with Gasteiger partial charge in [-0.2, -0.15) is 0 Å². The second-order valence-corrected chi connectivity index (χ2v) is 15.9. The van der Waals surface area contributed by atoms with E-state index in [2.05, 4.69) is 176 Å². The first-order chi connectivity index (χ1) is 28.2. The number of benzene rings is 8. The summed E-state index contributed by atoms with van der Waals surface area (Å²) in [6.07, 6.45) is 0. The minimum Gasteiger partial charge on any atom is -0.456 e. The number of para-hydroxylation sites is 1. The molecule has 0 saturated carbocycles. The number of nitrogens with zero attached hydrogens (tertiary/aromatic N) is 2. The third kappa shape index (κ3) is 4.81. The van der Waals surface area contributed by atoms with Gasteiger partial charge in [-0.15, -0.1) is 0 Å². The van der Waals surface area contributed by atoms with Gasteiger partial charge in [0.15, 0.2) is 5.82 Å². The van der Waals surface area contributed by atoms with Crippen molar-refractivity contribution < 1.29 is 4.42 Å². The molecular formula is C53H32N2OS. The van der Waals surface area contributed by atoms with Crippen LogP contribution in [0.15, 0.2) is 208 Å². The number of aromatic nitrogens is 2. The van der Waals surface area contributed by atoms with E-state index in [-0.39, 0.29) is 0 Å². The minimum atomic E-state index is -0.718. The molecule has 1 aliphatic heterocycles. The van der Waals surface area contributed by atoms with E-state index in [4.69, 9.17) is 14.4 Å². The zero-order valence-electron chi connectivity index (χ0n) is 30.7. The molecule has 12 rings (SSSR count). The molecule has 0 saturated heterocycles. The average Bonchev–Trinajstić information content (AvgIpc) is 3.60. The molecule has 0 bridgehead atoms. The van der Waals surface area contributed by atoms with Crippen molar-refractivity contribution in [2.24, 2.45) is 0 Å². The van der Waals surface area contributed by atoms with Crippen LogP contribution in [0.3, 0.4) is 0 Å². The van der Waals surface area contributed by atoms with Gasteiger partial charge >= 0.3 is 0 Å². The lowest BCUT2D eigenvalue weighted by Gasteiger charge is -2.42. The molecule has 0 radical (unpaired) electrons. The molecule has 266 valence electrons. The van der Waals surface area contributed by atoms with Gasteiger partial charge in [0.1, 0.15) is 11.2 Å². The first kappa shape index (κ1) is 32.3. The fourth-order valence-corrected chi connectivity index (χ4v) is 10.5. The lowest BCUT2D eigenvalue weighted by Crippen LogP contribution is -2.34. The molecule has 1 aliphatic carbocycles. The maximum Gasteiger partial charge on any atom is 0.160 e. The summed E-state index contributed by atoms with van der Waals surface area (Å²) in [5.74, 6) is 0.686. The van der Waals surface area contributed by atoms with Gasteiger partial charge in [-0.3, -0.25) is 0 Å². The van der Waals surface area contributed by atoms with E-state index in [1.807, 2.05) is 30.0 Å². The van der Waals surface area contributed by atoms with Crippen LogP contribution in [0.5, 0.6) is 0 Å². The lowest BCUT2D eigenvalue weighted by atomic mass is 9.63. The van der Waals surface area contributed by atoms with Crippen molar-refractivity contribution in [3.05, 3.63) is 216 Å². The quantitative estimate of drug-likeness (QED) is 0.181. The first-order valence-electron chi connectivity index (χ1n) is 19.3. The van der Waals surface area contributed by atoms with Crippen molar-refractivity contribution in [3.63, 3.8) is 0 Å². The van der Waals surface area contributed by atoms with Crippen LogP contribution in [-0.2, 0) is 5.41 Å². The zero-order chi connectivity index (χ0) is 37.5. The Balaban J connectivity index is 1.22. The summed E-state index contributed by atoms with van der Waals surface area (Å²) in [4.78, 5) is 13.1. The van der Waals surface area contributed by atoms with Crippen molar-refractivity contribution in [2.75, 3.05) is 0 Å². The highest BCUT2D eigenvalue weighted by atomic mass is 32.2. The van der Waals surface area contributed by atoms with E-state index in [9.17, 15) is 0 Å². The highest BCUT2D eigenvalue weighted by Crippen LogP contribution is 2.62. The van der Waals surface area contributed by atoms with Gasteiger partial charge in [-0.05, 0) is 80.9 Å². The Hall–Kier alpha value is -7.01. The van der Waals surface area contributed by atoms with Crippen molar-refractivity contribution in [1.29, 1.82) is 0 Å². The molecule has 10 aromatic rings. The van der Waals surface area contributed by atoms with Crippen molar-refractivity contribution in [2.45, 2.75) is 15.2 Å². The van der Waals surface area contributed by atoms with E-state index in [1.165, 1.54) is 54.3 Å². The molecule has 1 unspecified atom stereocenters. The van der Waals surface area contributed by atoms with Gasteiger partial charge in [-0.25, -0.2) is 9.97 Å². The molecule has 57 heavy (non-hydrogen) atoms. The number of hydrogen-bond acceptors (Lipinski definition) is 4. The van der Waals surface area contributed by atoms with Gasteiger partial charge in [0.25, 0.3) is 0 Å². The van der Waals surface area contributed by atoms with Crippen LogP contribution in [0, 0.1) is 0 Å². The van der Waals surface area contributed by atoms with E-state index in [0.717, 1.165) is 50.0 Å². The molecule has 0 fully saturated rings. The van der Waals surface area contributed by atoms with Crippen LogP contribution >= 0.6 is 11.8 Å². The molecule has 8 aromatic carbocycles. The van der Waals surface area contributed by atoms with Crippen LogP contribution in [0.4, 0.5) is 0 Å². The Morgan fingerprint density at radius 2 is 0.965 bits per heavy atom. The molecule has 3 nitrogen and oxygen atoms in total. The Bertz CT molecular complexity index is 3170. The summed E-state index contributed by atoms with van der Waals surface area (Å²) in [6, 6.07) is 69.7. The molecule has 0 N–H and O–H groups in total. The van der Waals surface area contributed by atoms with Crippen molar-refractivity contribution >= 4 is 33.7 Å². The largest absolute Gasteiger partial charge is 0.456 e. The second kappa shape index (κ2) is 12.5. The number of furan rings is 1. The highest BCUT2D eigenvalue weighted by Gasteiger charge is 2.48. The minimum absolute atomic E-state index is 0.686. The molecular weight excluding hydrogens is 713 g/mol. The SMILES string of the molecule is c1ccc(-c2cc(-c3ccccc3)nc(-c3ccc4c(c3)C3(c5ccccc5Sc5cc6c(cc53)oc3ccccc36)c3ccccc3-c3ccccc3-4)n2)cc1. The topological polar surface area (TPSA) is 38.9 Å². The lowest BCUT2D eigenvalue weighted by molar-refractivity contribution is 0.660. The van der Waals surface area contributed by atoms with Gasteiger partial charge in [0.05, 0.1) is 16.8 Å². The summed E-state index contributed by atoms with van der Waals surface area (Å²) < 4.78 is 6.68. The molecule has 1 spiro atoms. The monoisotopic (exact) mass is 744 g/mol. The van der Waals surface area contributed by atoms with Gasteiger partial charge in [-0.1, -0.05) is 169 Å². The van der Waals surface area contributed by atoms with E-state index < -0.39 is 5.41 Å². The van der Waals surface area contributed by atoms with Crippen molar-refractivity contribution in [1.82, 2.24) is 9.97 Å². The maximum atomic E-state index is 6.68. The van der Waals surface area contributed by atoms with Crippen LogP contribution in [0.1, 0.15) is 22.3 Å². The second-order valence-electron chi connectivity index (χ2n) is 14.8. The predicted octanol–water partition coefficient (Wildman–Crippen LogP) is 13.9. The summed E-state index contributed by atoms with van der Waals surface area (Å²) in [5.41, 5.74) is 15.6. The molecule has 3 heterocycles. The Labute approximate surface area is 334 Å². The van der Waals surface area contributed by atoms with E-state index in [1.54, 1.807) is 0 Å². The van der Waals surface area contributed by atoms with Crippen LogP contribution in [0.2, 0.25) is 0 Å². The predicted molar refractivity (Wildman–Crippen MR) is 232 cm³/mol. The molecule has 2 aromatic heterocycles. The van der Waals surface area contributed by atoms with Gasteiger partial charge < -0.3 is 4.42 Å². The van der Waals surface area contributed by atoms with Crippen LogP contribution in [-0.4, -0.2) is 9.97 Å². The Morgan fingerprint density at radius 3 is 1.70 bits per heavy atom. The third-order valence-electron chi connectivity index (χ3n) is 11.8. The summed E-state index contributed by atoms with van der Waals surface area (Å²) in [7, 11) is 0. The Kier molecular flexibility index (Phi) is 7.08. The molecule has 2 aliphatic rings. The fourth-order valence-electron chi connectivity index (χ4n) is 9.30. The normalized spacial score (nSPS) is 15.0. The molecule has 0 amide bonds. The molecule has 1 atom stereocenters. The average molecular weight is 745 g/mol. The third-order valence-corrected chi connectivity index (χ3v) is 12.9.